The molecule has 3 aromatic carbocycles. The van der Waals surface area contributed by atoms with Crippen molar-refractivity contribution in [3.05, 3.63) is 71.3 Å². The van der Waals surface area contributed by atoms with Crippen molar-refractivity contribution in [2.75, 3.05) is 39.9 Å². The molecule has 0 spiro atoms. The Morgan fingerprint density at radius 3 is 1.92 bits per heavy atom. The number of hydrogen-bond donors (Lipinski definition) is 2. The lowest BCUT2D eigenvalue weighted by molar-refractivity contribution is -0.132. The van der Waals surface area contributed by atoms with E-state index >= 15 is 0 Å². The maximum absolute atomic E-state index is 13.4. The molecule has 1 aliphatic rings. The number of aromatic carboxylic acids is 1. The number of phenolic OH excluding ortho intramolecular Hbond substituents is 1. The van der Waals surface area contributed by atoms with Gasteiger partial charge in [-0.2, -0.15) is 0 Å². The second-order valence-corrected chi connectivity index (χ2v) is 8.56. The number of nitrogens with zero attached hydrogens (tertiary/aromatic N) is 1. The van der Waals surface area contributed by atoms with Gasteiger partial charge in [-0.1, -0.05) is 6.07 Å². The molecule has 0 unspecified atom stereocenters. The fraction of sp³-hybridized carbons (Fsp3) is 0.250. The van der Waals surface area contributed by atoms with Crippen LogP contribution in [0.5, 0.6) is 28.7 Å². The minimum atomic E-state index is -1.12. The summed E-state index contributed by atoms with van der Waals surface area (Å²) in [4.78, 5) is 38.7. The number of esters is 1. The van der Waals surface area contributed by atoms with Gasteiger partial charge in [0.2, 0.25) is 11.7 Å². The van der Waals surface area contributed by atoms with Crippen LogP contribution in [0.1, 0.15) is 32.3 Å². The van der Waals surface area contributed by atoms with Crippen molar-refractivity contribution < 1.29 is 48.3 Å². The number of carboxylic acids is 1. The lowest BCUT2D eigenvalue weighted by Crippen LogP contribution is -2.57. The Morgan fingerprint density at radius 2 is 1.41 bits per heavy atom. The number of phenols is 1. The summed E-state index contributed by atoms with van der Waals surface area (Å²) in [7, 11) is 5.82. The smallest absolute Gasteiger partial charge is 0.338 e. The minimum absolute atomic E-state index is 0.0288. The van der Waals surface area contributed by atoms with Crippen LogP contribution in [0, 0.1) is 5.92 Å². The van der Waals surface area contributed by atoms with Gasteiger partial charge in [0.15, 0.2) is 23.0 Å². The zero-order valence-corrected chi connectivity index (χ0v) is 21.7. The molecule has 2 N–H and O–H groups in total. The molecule has 1 saturated heterocycles. The maximum Gasteiger partial charge on any atom is 0.338 e. The predicted octanol–water partition coefficient (Wildman–Crippen LogP) is 3.69. The number of carbonyl (C=O) groups excluding carboxylic acids is 2. The summed E-state index contributed by atoms with van der Waals surface area (Å²) in [6.07, 6.45) is 0. The average Bonchev–Trinajstić information content (AvgIpc) is 2.94. The van der Waals surface area contributed by atoms with E-state index in [9.17, 15) is 19.5 Å². The molecular weight excluding hydrogens is 510 g/mol. The van der Waals surface area contributed by atoms with Crippen molar-refractivity contribution in [3.63, 3.8) is 0 Å². The van der Waals surface area contributed by atoms with Crippen LogP contribution in [0.15, 0.2) is 54.6 Å². The van der Waals surface area contributed by atoms with Crippen LogP contribution in [0.3, 0.4) is 0 Å². The first-order chi connectivity index (χ1) is 18.7. The van der Waals surface area contributed by atoms with E-state index in [-0.39, 0.29) is 35.1 Å². The second-order valence-electron chi connectivity index (χ2n) is 8.56. The third-order valence-electron chi connectivity index (χ3n) is 6.45. The lowest BCUT2D eigenvalue weighted by atomic mass is 9.82. The monoisotopic (exact) mass is 537 g/mol. The molecule has 0 radical (unpaired) electrons. The van der Waals surface area contributed by atoms with Crippen molar-refractivity contribution in [1.82, 2.24) is 0 Å². The number of carboxylic acid groups (broad SMARTS) is 1. The Morgan fingerprint density at radius 1 is 0.821 bits per heavy atom. The fourth-order valence-electron chi connectivity index (χ4n) is 4.48. The first-order valence-corrected chi connectivity index (χ1v) is 11.7. The van der Waals surface area contributed by atoms with Crippen molar-refractivity contribution in [1.29, 1.82) is 0 Å². The molecule has 4 rings (SSSR count). The van der Waals surface area contributed by atoms with E-state index in [2.05, 4.69) is 0 Å². The number of hydrogen-bond acceptors (Lipinski definition) is 9. The van der Waals surface area contributed by atoms with Crippen LogP contribution in [-0.2, 0) is 9.53 Å². The van der Waals surface area contributed by atoms with Gasteiger partial charge in [0, 0.05) is 12.1 Å². The number of carbonyl (C=O) groups is 3. The van der Waals surface area contributed by atoms with Crippen molar-refractivity contribution in [2.24, 2.45) is 5.92 Å². The van der Waals surface area contributed by atoms with Crippen LogP contribution in [0.25, 0.3) is 0 Å². The van der Waals surface area contributed by atoms with Gasteiger partial charge in [-0.05, 0) is 42.0 Å². The van der Waals surface area contributed by atoms with Gasteiger partial charge >= 0.3 is 11.9 Å². The standard InChI is InChI=1S/C28H27NO10/c1-35-21-10-9-17(11-20(21)30)24-19(14-39-28(34)16-7-5-15(6-8-16)27(32)33)26(31)29(24)18-12-22(36-2)25(38-4)23(13-18)37-3/h5-13,19,24,30H,14H2,1-4H3,(H,32,33)/t19-,24-/m0/s1. The van der Waals surface area contributed by atoms with Gasteiger partial charge in [0.25, 0.3) is 0 Å². The molecule has 204 valence electrons. The minimum Gasteiger partial charge on any atom is -0.504 e. The Bertz CT molecular complexity index is 1380. The van der Waals surface area contributed by atoms with Crippen LogP contribution in [0.4, 0.5) is 5.69 Å². The number of anilines is 1. The molecule has 0 aliphatic carbocycles. The van der Waals surface area contributed by atoms with Crippen molar-refractivity contribution in [3.8, 4) is 28.7 Å². The van der Waals surface area contributed by atoms with Gasteiger partial charge < -0.3 is 38.8 Å². The summed E-state index contributed by atoms with van der Waals surface area (Å²) in [5.41, 5.74) is 1.20. The van der Waals surface area contributed by atoms with Gasteiger partial charge in [-0.25, -0.2) is 9.59 Å². The van der Waals surface area contributed by atoms with Crippen LogP contribution < -0.4 is 23.8 Å². The summed E-state index contributed by atoms with van der Waals surface area (Å²) in [6, 6.07) is 12.7. The van der Waals surface area contributed by atoms with Gasteiger partial charge in [0.1, 0.15) is 6.61 Å². The number of β-lactam (4-membered cyclic amide) rings is 1. The number of aromatic hydroxyl groups is 1. The molecular formula is C28H27NO10. The third kappa shape index (κ3) is 5.11. The average molecular weight is 538 g/mol. The number of ether oxygens (including phenoxy) is 5. The highest BCUT2D eigenvalue weighted by atomic mass is 16.5. The largest absolute Gasteiger partial charge is 0.504 e. The molecule has 3 aromatic rings. The van der Waals surface area contributed by atoms with E-state index in [1.54, 1.807) is 24.3 Å². The molecule has 11 heteroatoms. The number of amides is 1. The van der Waals surface area contributed by atoms with Gasteiger partial charge in [0.05, 0.1) is 57.2 Å². The van der Waals surface area contributed by atoms with Crippen LogP contribution >= 0.6 is 0 Å². The third-order valence-corrected chi connectivity index (χ3v) is 6.45. The summed E-state index contributed by atoms with van der Waals surface area (Å²) >= 11 is 0. The second kappa shape index (κ2) is 11.2. The maximum atomic E-state index is 13.4. The normalized spacial score (nSPS) is 16.2. The van der Waals surface area contributed by atoms with Gasteiger partial charge in [-0.15, -0.1) is 0 Å². The first-order valence-electron chi connectivity index (χ1n) is 11.7. The van der Waals surface area contributed by atoms with Crippen LogP contribution in [0.2, 0.25) is 0 Å². The number of rotatable bonds is 10. The topological polar surface area (TPSA) is 141 Å². The molecule has 0 bridgehead atoms. The van der Waals surface area contributed by atoms with E-state index < -0.39 is 23.9 Å². The highest BCUT2D eigenvalue weighted by Crippen LogP contribution is 2.49. The summed E-state index contributed by atoms with van der Waals surface area (Å²) in [5.74, 6) is -1.75. The molecule has 1 amide bonds. The zero-order chi connectivity index (χ0) is 28.3. The lowest BCUT2D eigenvalue weighted by Gasteiger charge is -2.47. The number of benzene rings is 3. The molecule has 2 atom stereocenters. The van der Waals surface area contributed by atoms with E-state index in [1.807, 2.05) is 0 Å². The van der Waals surface area contributed by atoms with Gasteiger partial charge in [-0.3, -0.25) is 4.79 Å². The molecule has 1 heterocycles. The Kier molecular flexibility index (Phi) is 7.80. The Hall–Kier alpha value is -4.93. The van der Waals surface area contributed by atoms with E-state index in [1.165, 1.54) is 63.7 Å². The SMILES string of the molecule is COc1ccc([C@H]2[C@H](COC(=O)c3ccc(C(=O)O)cc3)C(=O)N2c2cc(OC)c(OC)c(OC)c2)cc1O. The number of methoxy groups -OCH3 is 4. The highest BCUT2D eigenvalue weighted by molar-refractivity contribution is 6.04. The Labute approximate surface area is 224 Å². The summed E-state index contributed by atoms with van der Waals surface area (Å²) in [6.45, 7) is -0.253. The summed E-state index contributed by atoms with van der Waals surface area (Å²) in [5, 5.41) is 19.5. The molecule has 0 saturated carbocycles. The highest BCUT2D eigenvalue weighted by Gasteiger charge is 2.50. The molecule has 1 aliphatic heterocycles. The van der Waals surface area contributed by atoms with Crippen LogP contribution in [-0.4, -0.2) is 63.1 Å². The predicted molar refractivity (Wildman–Crippen MR) is 138 cm³/mol. The Balaban J connectivity index is 1.65. The van der Waals surface area contributed by atoms with E-state index in [4.69, 9.17) is 28.8 Å². The first kappa shape index (κ1) is 27.1. The molecule has 11 nitrogen and oxygen atoms in total. The van der Waals surface area contributed by atoms with E-state index in [0.29, 0.717) is 28.5 Å². The fourth-order valence-corrected chi connectivity index (χ4v) is 4.48. The zero-order valence-electron chi connectivity index (χ0n) is 21.7. The summed E-state index contributed by atoms with van der Waals surface area (Å²) < 4.78 is 26.8. The van der Waals surface area contributed by atoms with E-state index in [0.717, 1.165) is 0 Å². The van der Waals surface area contributed by atoms with Crippen molar-refractivity contribution in [2.45, 2.75) is 6.04 Å². The van der Waals surface area contributed by atoms with Crippen molar-refractivity contribution >= 4 is 23.5 Å². The molecule has 39 heavy (non-hydrogen) atoms. The quantitative estimate of drug-likeness (QED) is 0.291. The molecule has 1 fully saturated rings. The molecule has 0 aromatic heterocycles.